The number of aryl methyl sites for hydroxylation is 2. The number of fused-ring (bicyclic) bond motifs is 1. The number of amides is 3. The molecule has 2 unspecified atom stereocenters. The van der Waals surface area contributed by atoms with Gasteiger partial charge in [0, 0.05) is 11.6 Å². The molecule has 8 heteroatoms. The first kappa shape index (κ1) is 21.6. The second-order valence-corrected chi connectivity index (χ2v) is 9.23. The number of rotatable bonds is 4. The van der Waals surface area contributed by atoms with E-state index in [0.29, 0.717) is 28.0 Å². The number of nitrogens with zero attached hydrogens (tertiary/aromatic N) is 4. The van der Waals surface area contributed by atoms with Crippen molar-refractivity contribution in [1.29, 1.82) is 0 Å². The molecule has 1 aliphatic heterocycles. The molecule has 2 atom stereocenters. The van der Waals surface area contributed by atoms with Gasteiger partial charge in [-0.05, 0) is 56.0 Å². The van der Waals surface area contributed by atoms with Crippen LogP contribution in [0.2, 0.25) is 5.02 Å². The van der Waals surface area contributed by atoms with Crippen LogP contribution in [-0.2, 0) is 11.3 Å². The van der Waals surface area contributed by atoms with Crippen LogP contribution in [0.3, 0.4) is 0 Å². The van der Waals surface area contributed by atoms with Crippen molar-refractivity contribution < 1.29 is 14.1 Å². The maximum absolute atomic E-state index is 13.7. The summed E-state index contributed by atoms with van der Waals surface area (Å²) in [4.78, 5) is 34.8. The number of urea groups is 1. The molecule has 2 aliphatic rings. The second-order valence-electron chi connectivity index (χ2n) is 8.82. The smallest absolute Gasteiger partial charge is 0.332 e. The van der Waals surface area contributed by atoms with Gasteiger partial charge in [-0.3, -0.25) is 4.79 Å². The van der Waals surface area contributed by atoms with Gasteiger partial charge in [0.2, 0.25) is 17.6 Å². The van der Waals surface area contributed by atoms with E-state index in [2.05, 4.69) is 10.1 Å². The Morgan fingerprint density at radius 3 is 2.70 bits per heavy atom. The molecule has 33 heavy (non-hydrogen) atoms. The molecule has 170 valence electrons. The van der Waals surface area contributed by atoms with Crippen molar-refractivity contribution in [3.63, 3.8) is 0 Å². The summed E-state index contributed by atoms with van der Waals surface area (Å²) in [5.41, 5.74) is 3.19. The summed E-state index contributed by atoms with van der Waals surface area (Å²) in [6.07, 6.45) is 3.51. The Morgan fingerprint density at radius 2 is 1.88 bits per heavy atom. The molecule has 3 amide bonds. The van der Waals surface area contributed by atoms with E-state index >= 15 is 0 Å². The van der Waals surface area contributed by atoms with Crippen LogP contribution in [0, 0.1) is 19.8 Å². The average Bonchev–Trinajstić information content (AvgIpc) is 3.28. The van der Waals surface area contributed by atoms with Gasteiger partial charge in [-0.25, -0.2) is 9.69 Å². The third kappa shape index (κ3) is 3.91. The van der Waals surface area contributed by atoms with Gasteiger partial charge < -0.3 is 9.42 Å². The van der Waals surface area contributed by atoms with E-state index in [1.165, 1.54) is 4.90 Å². The molecule has 0 bridgehead atoms. The molecule has 5 rings (SSSR count). The Labute approximate surface area is 197 Å². The third-order valence-corrected chi connectivity index (χ3v) is 6.93. The molecule has 0 N–H and O–H groups in total. The quantitative estimate of drug-likeness (QED) is 0.506. The number of hydrogen-bond acceptors (Lipinski definition) is 5. The van der Waals surface area contributed by atoms with Crippen molar-refractivity contribution in [3.05, 3.63) is 64.5 Å². The Bertz CT molecular complexity index is 1220. The monoisotopic (exact) mass is 464 g/mol. The molecule has 2 aromatic carbocycles. The summed E-state index contributed by atoms with van der Waals surface area (Å²) < 4.78 is 5.50. The molecule has 0 radical (unpaired) electrons. The molecule has 2 fully saturated rings. The maximum Gasteiger partial charge on any atom is 0.332 e. The standard InChI is InChI=1S/C25H25ClN4O3/c1-15-11-12-16(2)21(13-15)30-24(31)18-8-4-6-10-20(18)29(25(30)32)14-22-27-23(28-33-22)17-7-3-5-9-19(17)26/h3,5,7,9,11-13,18,20H,4,6,8,10,14H2,1-2H3. The van der Waals surface area contributed by atoms with Crippen LogP contribution in [0.25, 0.3) is 11.4 Å². The number of aromatic nitrogens is 2. The summed E-state index contributed by atoms with van der Waals surface area (Å²) >= 11 is 6.27. The highest BCUT2D eigenvalue weighted by Crippen LogP contribution is 2.38. The highest BCUT2D eigenvalue weighted by Gasteiger charge is 2.48. The predicted octanol–water partition coefficient (Wildman–Crippen LogP) is 5.53. The van der Waals surface area contributed by atoms with Crippen LogP contribution >= 0.6 is 11.6 Å². The van der Waals surface area contributed by atoms with E-state index in [-0.39, 0.29) is 30.4 Å². The predicted molar refractivity (Wildman–Crippen MR) is 125 cm³/mol. The fraction of sp³-hybridized carbons (Fsp3) is 0.360. The zero-order chi connectivity index (χ0) is 23.1. The number of halogens is 1. The molecule has 7 nitrogen and oxygen atoms in total. The van der Waals surface area contributed by atoms with Crippen molar-refractivity contribution >= 4 is 29.2 Å². The molecule has 2 heterocycles. The van der Waals surface area contributed by atoms with Crippen LogP contribution in [0.4, 0.5) is 10.5 Å². The summed E-state index contributed by atoms with van der Waals surface area (Å²) in [6, 6.07) is 12.6. The van der Waals surface area contributed by atoms with Crippen molar-refractivity contribution in [2.24, 2.45) is 5.92 Å². The Hall–Kier alpha value is -3.19. The molecule has 1 saturated carbocycles. The van der Waals surface area contributed by atoms with E-state index in [0.717, 1.165) is 36.8 Å². The molecule has 1 aliphatic carbocycles. The number of carbonyl (C=O) groups excluding carboxylic acids is 2. The first-order valence-corrected chi connectivity index (χ1v) is 11.6. The van der Waals surface area contributed by atoms with Gasteiger partial charge >= 0.3 is 6.03 Å². The second kappa shape index (κ2) is 8.63. The fourth-order valence-electron chi connectivity index (χ4n) is 4.89. The van der Waals surface area contributed by atoms with Crippen molar-refractivity contribution in [2.45, 2.75) is 52.1 Å². The molecular formula is C25H25ClN4O3. The first-order chi connectivity index (χ1) is 15.9. The number of imide groups is 1. The molecule has 3 aromatic rings. The van der Waals surface area contributed by atoms with Gasteiger partial charge in [0.1, 0.15) is 6.54 Å². The summed E-state index contributed by atoms with van der Waals surface area (Å²) in [5.74, 6) is 0.347. The topological polar surface area (TPSA) is 79.5 Å². The lowest BCUT2D eigenvalue weighted by Crippen LogP contribution is -2.62. The molecule has 1 aromatic heterocycles. The first-order valence-electron chi connectivity index (χ1n) is 11.2. The lowest BCUT2D eigenvalue weighted by Gasteiger charge is -2.46. The Morgan fingerprint density at radius 1 is 1.09 bits per heavy atom. The minimum absolute atomic E-state index is 0.114. The number of anilines is 1. The molecule has 1 saturated heterocycles. The number of hydrogen-bond donors (Lipinski definition) is 0. The minimum atomic E-state index is -0.339. The van der Waals surface area contributed by atoms with E-state index < -0.39 is 0 Å². The molecular weight excluding hydrogens is 440 g/mol. The highest BCUT2D eigenvalue weighted by atomic mass is 35.5. The van der Waals surface area contributed by atoms with E-state index in [4.69, 9.17) is 16.1 Å². The fourth-order valence-corrected chi connectivity index (χ4v) is 5.11. The van der Waals surface area contributed by atoms with E-state index in [1.807, 2.05) is 50.2 Å². The zero-order valence-corrected chi connectivity index (χ0v) is 19.4. The van der Waals surface area contributed by atoms with Crippen LogP contribution in [-0.4, -0.2) is 33.0 Å². The summed E-state index contributed by atoms with van der Waals surface area (Å²) in [6.45, 7) is 4.02. The lowest BCUT2D eigenvalue weighted by atomic mass is 9.81. The summed E-state index contributed by atoms with van der Waals surface area (Å²) in [7, 11) is 0. The third-order valence-electron chi connectivity index (χ3n) is 6.60. The van der Waals surface area contributed by atoms with E-state index in [9.17, 15) is 9.59 Å². The van der Waals surface area contributed by atoms with Gasteiger partial charge in [0.15, 0.2) is 0 Å². The zero-order valence-electron chi connectivity index (χ0n) is 18.6. The van der Waals surface area contributed by atoms with E-state index in [1.54, 1.807) is 11.0 Å². The minimum Gasteiger partial charge on any atom is -0.337 e. The van der Waals surface area contributed by atoms with Gasteiger partial charge in [0.05, 0.1) is 16.6 Å². The van der Waals surface area contributed by atoms with Gasteiger partial charge in [-0.15, -0.1) is 0 Å². The summed E-state index contributed by atoms with van der Waals surface area (Å²) in [5, 5.41) is 4.60. The van der Waals surface area contributed by atoms with Gasteiger partial charge in [-0.1, -0.05) is 53.9 Å². The SMILES string of the molecule is Cc1ccc(C)c(N2C(=O)C3CCCCC3N(Cc3nc(-c4ccccc4Cl)no3)C2=O)c1. The molecule has 0 spiro atoms. The van der Waals surface area contributed by atoms with Gasteiger partial charge in [0.25, 0.3) is 0 Å². The maximum atomic E-state index is 13.7. The van der Waals surface area contributed by atoms with Crippen LogP contribution < -0.4 is 4.90 Å². The number of benzene rings is 2. The van der Waals surface area contributed by atoms with Gasteiger partial charge in [-0.2, -0.15) is 4.98 Å². The normalized spacial score (nSPS) is 20.8. The van der Waals surface area contributed by atoms with Crippen molar-refractivity contribution in [1.82, 2.24) is 15.0 Å². The average molecular weight is 465 g/mol. The van der Waals surface area contributed by atoms with Crippen LogP contribution in [0.5, 0.6) is 0 Å². The lowest BCUT2D eigenvalue weighted by molar-refractivity contribution is -0.127. The highest BCUT2D eigenvalue weighted by molar-refractivity contribution is 6.33. The van der Waals surface area contributed by atoms with Crippen molar-refractivity contribution in [3.8, 4) is 11.4 Å². The Balaban J connectivity index is 1.49. The largest absolute Gasteiger partial charge is 0.337 e. The number of carbonyl (C=O) groups is 2. The Kier molecular flexibility index (Phi) is 5.66. The van der Waals surface area contributed by atoms with Crippen molar-refractivity contribution in [2.75, 3.05) is 4.90 Å². The van der Waals surface area contributed by atoms with Crippen LogP contribution in [0.15, 0.2) is 47.0 Å². The van der Waals surface area contributed by atoms with Crippen LogP contribution in [0.1, 0.15) is 42.7 Å².